The predicted molar refractivity (Wildman–Crippen MR) is 51.9 cm³/mol. The van der Waals surface area contributed by atoms with Gasteiger partial charge in [-0.3, -0.25) is 4.79 Å². The lowest BCUT2D eigenvalue weighted by Gasteiger charge is -2.10. The number of carbonyl (C=O) groups is 1. The Kier molecular flexibility index (Phi) is 4.29. The van der Waals surface area contributed by atoms with Gasteiger partial charge in [0.25, 0.3) is 0 Å². The smallest absolute Gasteiger partial charge is 0.225 e. The van der Waals surface area contributed by atoms with Crippen molar-refractivity contribution in [3.63, 3.8) is 0 Å². The molecule has 0 aromatic heterocycles. The Labute approximate surface area is 75.7 Å². The number of rotatable bonds is 0. The standard InChI is InChI=1S/C6H11NO.C4H10/c1-6(2)3-4-7-5(6)8;1-4(2)3/h3-4H2,1-2H3,(H,7,8);4H,1-3H3. The molecule has 1 fully saturated rings. The maximum absolute atomic E-state index is 10.8. The van der Waals surface area contributed by atoms with E-state index in [0.717, 1.165) is 18.9 Å². The lowest BCUT2D eigenvalue weighted by atomic mass is 9.92. The van der Waals surface area contributed by atoms with Crippen LogP contribution in [0.3, 0.4) is 0 Å². The molecule has 12 heavy (non-hydrogen) atoms. The van der Waals surface area contributed by atoms with E-state index in [1.165, 1.54) is 0 Å². The molecule has 0 saturated carbocycles. The van der Waals surface area contributed by atoms with Gasteiger partial charge in [0.2, 0.25) is 5.91 Å². The Hall–Kier alpha value is -0.530. The van der Waals surface area contributed by atoms with E-state index < -0.39 is 0 Å². The summed E-state index contributed by atoms with van der Waals surface area (Å²) in [6, 6.07) is 0. The zero-order chi connectivity index (χ0) is 9.78. The summed E-state index contributed by atoms with van der Waals surface area (Å²) in [5.74, 6) is 1.03. The number of hydrogen-bond acceptors (Lipinski definition) is 1. The zero-order valence-electron chi connectivity index (χ0n) is 8.90. The molecule has 1 saturated heterocycles. The third kappa shape index (κ3) is 4.37. The Morgan fingerprint density at radius 2 is 1.75 bits per heavy atom. The largest absolute Gasteiger partial charge is 0.356 e. The van der Waals surface area contributed by atoms with Crippen LogP contribution in [0.2, 0.25) is 0 Å². The molecule has 0 aliphatic carbocycles. The van der Waals surface area contributed by atoms with Crippen molar-refractivity contribution >= 4 is 5.91 Å². The average Bonchev–Trinajstić information content (AvgIpc) is 2.10. The molecule has 0 unspecified atom stereocenters. The van der Waals surface area contributed by atoms with Crippen LogP contribution in [0.5, 0.6) is 0 Å². The highest BCUT2D eigenvalue weighted by atomic mass is 16.2. The topological polar surface area (TPSA) is 29.1 Å². The summed E-state index contributed by atoms with van der Waals surface area (Å²) < 4.78 is 0. The molecule has 1 rings (SSSR count). The molecule has 2 heteroatoms. The Morgan fingerprint density at radius 1 is 1.33 bits per heavy atom. The molecule has 1 aliphatic heterocycles. The maximum Gasteiger partial charge on any atom is 0.225 e. The van der Waals surface area contributed by atoms with Crippen LogP contribution >= 0.6 is 0 Å². The molecule has 1 heterocycles. The molecule has 2 nitrogen and oxygen atoms in total. The van der Waals surface area contributed by atoms with Gasteiger partial charge in [0.05, 0.1) is 0 Å². The third-order valence-corrected chi connectivity index (χ3v) is 1.65. The minimum Gasteiger partial charge on any atom is -0.356 e. The molecule has 0 bridgehead atoms. The maximum atomic E-state index is 10.8. The first kappa shape index (κ1) is 11.5. The van der Waals surface area contributed by atoms with Crippen molar-refractivity contribution in [1.29, 1.82) is 0 Å². The molecule has 1 N–H and O–H groups in total. The highest BCUT2D eigenvalue weighted by molar-refractivity contribution is 5.83. The number of carbonyl (C=O) groups excluding carboxylic acids is 1. The summed E-state index contributed by atoms with van der Waals surface area (Å²) in [4.78, 5) is 10.8. The van der Waals surface area contributed by atoms with E-state index in [9.17, 15) is 4.79 Å². The van der Waals surface area contributed by atoms with Crippen molar-refractivity contribution in [3.05, 3.63) is 0 Å². The van der Waals surface area contributed by atoms with Gasteiger partial charge in [-0.25, -0.2) is 0 Å². The van der Waals surface area contributed by atoms with Gasteiger partial charge < -0.3 is 5.32 Å². The van der Waals surface area contributed by atoms with E-state index in [2.05, 4.69) is 26.1 Å². The molecule has 0 radical (unpaired) electrons. The fourth-order valence-corrected chi connectivity index (χ4v) is 0.841. The third-order valence-electron chi connectivity index (χ3n) is 1.65. The average molecular weight is 171 g/mol. The molecular formula is C10H21NO. The van der Waals surface area contributed by atoms with Gasteiger partial charge in [-0.15, -0.1) is 0 Å². The summed E-state index contributed by atoms with van der Waals surface area (Å²) in [5.41, 5.74) is -0.0972. The molecule has 1 amide bonds. The van der Waals surface area contributed by atoms with Crippen LogP contribution in [-0.4, -0.2) is 12.5 Å². The highest BCUT2D eigenvalue weighted by Crippen LogP contribution is 2.23. The van der Waals surface area contributed by atoms with Gasteiger partial charge in [-0.1, -0.05) is 34.6 Å². The summed E-state index contributed by atoms with van der Waals surface area (Å²) in [7, 11) is 0. The monoisotopic (exact) mass is 171 g/mol. The minimum absolute atomic E-state index is 0.0972. The summed E-state index contributed by atoms with van der Waals surface area (Å²) in [6.45, 7) is 11.3. The van der Waals surface area contributed by atoms with Crippen LogP contribution in [0.4, 0.5) is 0 Å². The Balaban J connectivity index is 0.000000261. The fraction of sp³-hybridized carbons (Fsp3) is 0.900. The molecule has 0 aromatic rings. The van der Waals surface area contributed by atoms with E-state index in [4.69, 9.17) is 0 Å². The molecule has 0 spiro atoms. The highest BCUT2D eigenvalue weighted by Gasteiger charge is 2.31. The first-order valence-electron chi connectivity index (χ1n) is 4.64. The van der Waals surface area contributed by atoms with Crippen LogP contribution < -0.4 is 5.32 Å². The Bertz CT molecular complexity index is 147. The van der Waals surface area contributed by atoms with E-state index in [-0.39, 0.29) is 11.3 Å². The molecular weight excluding hydrogens is 150 g/mol. The van der Waals surface area contributed by atoms with Crippen molar-refractivity contribution in [2.24, 2.45) is 11.3 Å². The van der Waals surface area contributed by atoms with Crippen molar-refractivity contribution in [2.45, 2.75) is 41.0 Å². The molecule has 1 aliphatic rings. The van der Waals surface area contributed by atoms with Crippen molar-refractivity contribution in [2.75, 3.05) is 6.54 Å². The van der Waals surface area contributed by atoms with Crippen LogP contribution in [0, 0.1) is 11.3 Å². The van der Waals surface area contributed by atoms with Gasteiger partial charge >= 0.3 is 0 Å². The summed E-state index contributed by atoms with van der Waals surface area (Å²) in [5, 5.41) is 2.77. The normalized spacial score (nSPS) is 20.0. The van der Waals surface area contributed by atoms with E-state index in [1.807, 2.05) is 13.8 Å². The van der Waals surface area contributed by atoms with Gasteiger partial charge in [-0.2, -0.15) is 0 Å². The van der Waals surface area contributed by atoms with Crippen LogP contribution in [-0.2, 0) is 4.79 Å². The SMILES string of the molecule is CC(C)C.CC1(C)CCNC1=O. The first-order chi connectivity index (χ1) is 5.36. The lowest BCUT2D eigenvalue weighted by Crippen LogP contribution is -2.24. The van der Waals surface area contributed by atoms with Gasteiger partial charge in [0.15, 0.2) is 0 Å². The number of hydrogen-bond donors (Lipinski definition) is 1. The van der Waals surface area contributed by atoms with Gasteiger partial charge in [-0.05, 0) is 12.3 Å². The van der Waals surface area contributed by atoms with E-state index in [1.54, 1.807) is 0 Å². The second-order valence-corrected chi connectivity index (χ2v) is 4.62. The Morgan fingerprint density at radius 3 is 1.83 bits per heavy atom. The first-order valence-corrected chi connectivity index (χ1v) is 4.64. The molecule has 0 aromatic carbocycles. The van der Waals surface area contributed by atoms with Gasteiger partial charge in [0, 0.05) is 12.0 Å². The quantitative estimate of drug-likeness (QED) is 0.594. The minimum atomic E-state index is -0.0972. The molecule has 72 valence electrons. The second kappa shape index (κ2) is 4.48. The van der Waals surface area contributed by atoms with Crippen LogP contribution in [0.25, 0.3) is 0 Å². The number of amides is 1. The van der Waals surface area contributed by atoms with Crippen LogP contribution in [0.15, 0.2) is 0 Å². The fourth-order valence-electron chi connectivity index (χ4n) is 0.841. The van der Waals surface area contributed by atoms with Crippen molar-refractivity contribution < 1.29 is 4.79 Å². The number of nitrogens with one attached hydrogen (secondary N) is 1. The van der Waals surface area contributed by atoms with E-state index in [0.29, 0.717) is 0 Å². The molecule has 0 atom stereocenters. The van der Waals surface area contributed by atoms with Crippen molar-refractivity contribution in [1.82, 2.24) is 5.32 Å². The van der Waals surface area contributed by atoms with E-state index >= 15 is 0 Å². The zero-order valence-corrected chi connectivity index (χ0v) is 8.90. The van der Waals surface area contributed by atoms with Crippen molar-refractivity contribution in [3.8, 4) is 0 Å². The lowest BCUT2D eigenvalue weighted by molar-refractivity contribution is -0.126. The summed E-state index contributed by atoms with van der Waals surface area (Å²) in [6.07, 6.45) is 0.978. The second-order valence-electron chi connectivity index (χ2n) is 4.62. The predicted octanol–water partition coefficient (Wildman–Crippen LogP) is 2.19. The van der Waals surface area contributed by atoms with Gasteiger partial charge in [0.1, 0.15) is 0 Å². The summed E-state index contributed by atoms with van der Waals surface area (Å²) >= 11 is 0. The van der Waals surface area contributed by atoms with Crippen LogP contribution in [0.1, 0.15) is 41.0 Å².